The maximum atomic E-state index is 12.1. The third kappa shape index (κ3) is 4.83. The predicted octanol–water partition coefficient (Wildman–Crippen LogP) is 3.40. The number of benzene rings is 1. The minimum absolute atomic E-state index is 0.171. The molecular weight excluding hydrogens is 392 g/mol. The SMILES string of the molecule is O=C(Cc1csc(N2CCOCC2)n1)N/N=C\c1ccc(-c2ccccc2)s1. The van der Waals surface area contributed by atoms with Gasteiger partial charge in [0.15, 0.2) is 5.13 Å². The van der Waals surface area contributed by atoms with Crippen LogP contribution in [0.25, 0.3) is 10.4 Å². The van der Waals surface area contributed by atoms with Crippen molar-refractivity contribution in [1.29, 1.82) is 0 Å². The van der Waals surface area contributed by atoms with Gasteiger partial charge in [-0.1, -0.05) is 30.3 Å². The summed E-state index contributed by atoms with van der Waals surface area (Å²) in [5.41, 5.74) is 4.53. The summed E-state index contributed by atoms with van der Waals surface area (Å²) in [6, 6.07) is 14.3. The Hall–Kier alpha value is -2.55. The zero-order valence-corrected chi connectivity index (χ0v) is 16.8. The molecular formula is C20H20N4O2S2. The molecule has 28 heavy (non-hydrogen) atoms. The summed E-state index contributed by atoms with van der Waals surface area (Å²) < 4.78 is 5.36. The maximum absolute atomic E-state index is 12.1. The Kier molecular flexibility index (Phi) is 6.11. The van der Waals surface area contributed by atoms with Gasteiger partial charge in [-0.05, 0) is 17.7 Å². The molecule has 6 nitrogen and oxygen atoms in total. The summed E-state index contributed by atoms with van der Waals surface area (Å²) in [7, 11) is 0. The Labute approximate surface area is 171 Å². The Morgan fingerprint density at radius 1 is 1.21 bits per heavy atom. The fourth-order valence-corrected chi connectivity index (χ4v) is 4.59. The fourth-order valence-electron chi connectivity index (χ4n) is 2.83. The van der Waals surface area contributed by atoms with E-state index in [-0.39, 0.29) is 12.3 Å². The van der Waals surface area contributed by atoms with Crippen molar-refractivity contribution in [3.05, 3.63) is 58.4 Å². The third-order valence-corrected chi connectivity index (χ3v) is 6.25. The highest BCUT2D eigenvalue weighted by Crippen LogP contribution is 2.26. The third-order valence-electron chi connectivity index (χ3n) is 4.23. The summed E-state index contributed by atoms with van der Waals surface area (Å²) in [6.07, 6.45) is 1.90. The van der Waals surface area contributed by atoms with E-state index in [2.05, 4.69) is 38.6 Å². The molecule has 0 unspecified atom stereocenters. The van der Waals surface area contributed by atoms with Crippen LogP contribution in [0.3, 0.4) is 0 Å². The van der Waals surface area contributed by atoms with Crippen LogP contribution >= 0.6 is 22.7 Å². The number of ether oxygens (including phenoxy) is 1. The Morgan fingerprint density at radius 2 is 2.04 bits per heavy atom. The second-order valence-corrected chi connectivity index (χ2v) is 8.21. The van der Waals surface area contributed by atoms with E-state index in [9.17, 15) is 4.79 Å². The van der Waals surface area contributed by atoms with Crippen LogP contribution in [0.15, 0.2) is 52.9 Å². The van der Waals surface area contributed by atoms with Crippen LogP contribution in [0.1, 0.15) is 10.6 Å². The summed E-state index contributed by atoms with van der Waals surface area (Å²) in [5.74, 6) is -0.171. The summed E-state index contributed by atoms with van der Waals surface area (Å²) >= 11 is 3.20. The molecule has 3 aromatic rings. The van der Waals surface area contributed by atoms with Gasteiger partial charge in [-0.3, -0.25) is 4.79 Å². The highest BCUT2D eigenvalue weighted by atomic mass is 32.1. The molecule has 1 saturated heterocycles. The molecule has 1 N–H and O–H groups in total. The highest BCUT2D eigenvalue weighted by Gasteiger charge is 2.15. The average molecular weight is 413 g/mol. The number of amides is 1. The van der Waals surface area contributed by atoms with Gasteiger partial charge >= 0.3 is 0 Å². The molecule has 2 aromatic heterocycles. The number of thiophene rings is 1. The van der Waals surface area contributed by atoms with Gasteiger partial charge in [0.2, 0.25) is 5.91 Å². The highest BCUT2D eigenvalue weighted by molar-refractivity contribution is 7.17. The van der Waals surface area contributed by atoms with Gasteiger partial charge in [0.1, 0.15) is 0 Å². The zero-order chi connectivity index (χ0) is 19.2. The summed E-state index contributed by atoms with van der Waals surface area (Å²) in [6.45, 7) is 3.13. The lowest BCUT2D eigenvalue weighted by Gasteiger charge is -2.26. The Balaban J connectivity index is 1.29. The van der Waals surface area contributed by atoms with E-state index in [1.807, 2.05) is 29.6 Å². The molecule has 8 heteroatoms. The van der Waals surface area contributed by atoms with E-state index in [1.165, 1.54) is 10.4 Å². The minimum atomic E-state index is -0.171. The Morgan fingerprint density at radius 3 is 2.86 bits per heavy atom. The summed E-state index contributed by atoms with van der Waals surface area (Å²) in [5, 5.41) is 6.95. The number of carbonyl (C=O) groups is 1. The molecule has 4 rings (SSSR count). The van der Waals surface area contributed by atoms with E-state index in [4.69, 9.17) is 4.74 Å². The van der Waals surface area contributed by atoms with Crippen LogP contribution in [-0.2, 0) is 16.0 Å². The molecule has 0 saturated carbocycles. The van der Waals surface area contributed by atoms with E-state index in [0.29, 0.717) is 0 Å². The van der Waals surface area contributed by atoms with Crippen molar-refractivity contribution in [1.82, 2.24) is 10.4 Å². The number of nitrogens with one attached hydrogen (secondary N) is 1. The first-order valence-corrected chi connectivity index (χ1v) is 10.7. The van der Waals surface area contributed by atoms with Crippen molar-refractivity contribution in [2.24, 2.45) is 5.10 Å². The molecule has 1 fully saturated rings. The normalized spacial score (nSPS) is 14.5. The second-order valence-electron chi connectivity index (χ2n) is 6.26. The zero-order valence-electron chi connectivity index (χ0n) is 15.2. The van der Waals surface area contributed by atoms with E-state index >= 15 is 0 Å². The van der Waals surface area contributed by atoms with Gasteiger partial charge in [0.25, 0.3) is 0 Å². The minimum Gasteiger partial charge on any atom is -0.378 e. The number of morpholine rings is 1. The first kappa shape index (κ1) is 18.8. The number of thiazole rings is 1. The molecule has 1 aliphatic heterocycles. The average Bonchev–Trinajstić information content (AvgIpc) is 3.39. The Bertz CT molecular complexity index is 946. The van der Waals surface area contributed by atoms with Crippen LogP contribution in [0.4, 0.5) is 5.13 Å². The smallest absolute Gasteiger partial charge is 0.246 e. The van der Waals surface area contributed by atoms with Gasteiger partial charge in [0, 0.05) is 28.2 Å². The van der Waals surface area contributed by atoms with Crippen molar-refractivity contribution < 1.29 is 9.53 Å². The van der Waals surface area contributed by atoms with Crippen LogP contribution in [0, 0.1) is 0 Å². The number of nitrogens with zero attached hydrogens (tertiary/aromatic N) is 3. The van der Waals surface area contributed by atoms with Crippen molar-refractivity contribution in [2.45, 2.75) is 6.42 Å². The van der Waals surface area contributed by atoms with Crippen molar-refractivity contribution in [3.8, 4) is 10.4 Å². The molecule has 3 heterocycles. The number of anilines is 1. The molecule has 0 atom stereocenters. The number of rotatable bonds is 6. The fraction of sp³-hybridized carbons (Fsp3) is 0.250. The lowest BCUT2D eigenvalue weighted by Crippen LogP contribution is -2.36. The number of hydrogen-bond donors (Lipinski definition) is 1. The van der Waals surface area contributed by atoms with E-state index in [1.54, 1.807) is 28.9 Å². The van der Waals surface area contributed by atoms with Gasteiger partial charge in [-0.2, -0.15) is 5.10 Å². The lowest BCUT2D eigenvalue weighted by atomic mass is 10.2. The molecule has 0 aliphatic carbocycles. The predicted molar refractivity (Wildman–Crippen MR) is 114 cm³/mol. The number of aromatic nitrogens is 1. The molecule has 1 aliphatic rings. The van der Waals surface area contributed by atoms with Gasteiger partial charge in [0.05, 0.1) is 31.5 Å². The van der Waals surface area contributed by atoms with Crippen LogP contribution in [-0.4, -0.2) is 43.4 Å². The van der Waals surface area contributed by atoms with Crippen molar-refractivity contribution >= 4 is 39.9 Å². The topological polar surface area (TPSA) is 66.8 Å². The molecule has 1 amide bonds. The maximum Gasteiger partial charge on any atom is 0.246 e. The van der Waals surface area contributed by atoms with Gasteiger partial charge < -0.3 is 9.64 Å². The molecule has 0 spiro atoms. The lowest BCUT2D eigenvalue weighted by molar-refractivity contribution is -0.120. The summed E-state index contributed by atoms with van der Waals surface area (Å²) in [4.78, 5) is 21.0. The van der Waals surface area contributed by atoms with Crippen molar-refractivity contribution in [2.75, 3.05) is 31.2 Å². The van der Waals surface area contributed by atoms with E-state index < -0.39 is 0 Å². The van der Waals surface area contributed by atoms with Gasteiger partial charge in [-0.25, -0.2) is 10.4 Å². The van der Waals surface area contributed by atoms with Gasteiger partial charge in [-0.15, -0.1) is 22.7 Å². The quantitative estimate of drug-likeness (QED) is 0.498. The second kappa shape index (κ2) is 9.09. The number of hydrogen-bond acceptors (Lipinski definition) is 7. The number of hydrazone groups is 1. The van der Waals surface area contributed by atoms with Crippen molar-refractivity contribution in [3.63, 3.8) is 0 Å². The van der Waals surface area contributed by atoms with Crippen LogP contribution in [0.2, 0.25) is 0 Å². The standard InChI is InChI=1S/C20H20N4O2S2/c25-19(12-16-14-27-20(22-16)24-8-10-26-11-9-24)23-21-13-17-6-7-18(28-17)15-4-2-1-3-5-15/h1-7,13-14H,8-12H2,(H,23,25)/b21-13-. The molecule has 144 valence electrons. The van der Waals surface area contributed by atoms with Crippen LogP contribution < -0.4 is 10.3 Å². The largest absolute Gasteiger partial charge is 0.378 e. The van der Waals surface area contributed by atoms with Crippen LogP contribution in [0.5, 0.6) is 0 Å². The number of carbonyl (C=O) groups excluding carboxylic acids is 1. The molecule has 0 bridgehead atoms. The first-order valence-electron chi connectivity index (χ1n) is 9.02. The molecule has 1 aromatic carbocycles. The molecule has 0 radical (unpaired) electrons. The van der Waals surface area contributed by atoms with E-state index in [0.717, 1.165) is 42.0 Å². The monoisotopic (exact) mass is 412 g/mol. The first-order chi connectivity index (χ1) is 13.8.